The summed E-state index contributed by atoms with van der Waals surface area (Å²) in [4.78, 5) is 31.0. The molecule has 24 heavy (non-hydrogen) atoms. The third-order valence-corrected chi connectivity index (χ3v) is 4.64. The van der Waals surface area contributed by atoms with Crippen molar-refractivity contribution in [2.24, 2.45) is 5.92 Å². The van der Waals surface area contributed by atoms with Crippen LogP contribution in [-0.4, -0.2) is 29.2 Å². The van der Waals surface area contributed by atoms with Crippen molar-refractivity contribution in [3.8, 4) is 0 Å². The molecule has 1 aromatic carbocycles. The number of rotatable bonds is 4. The van der Waals surface area contributed by atoms with Crippen LogP contribution in [0.4, 0.5) is 0 Å². The van der Waals surface area contributed by atoms with Crippen molar-refractivity contribution >= 4 is 16.9 Å². The average Bonchev–Trinajstić information content (AvgIpc) is 2.60. The number of carbonyl (C=O) groups is 1. The summed E-state index contributed by atoms with van der Waals surface area (Å²) in [6, 6.07) is 4.72. The summed E-state index contributed by atoms with van der Waals surface area (Å²) in [5.74, 6) is 0.553. The second kappa shape index (κ2) is 7.13. The van der Waals surface area contributed by atoms with Gasteiger partial charge in [0.25, 0.3) is 5.56 Å². The van der Waals surface area contributed by atoms with Crippen molar-refractivity contribution in [2.45, 2.75) is 45.3 Å². The predicted molar refractivity (Wildman–Crippen MR) is 89.9 cm³/mol. The summed E-state index contributed by atoms with van der Waals surface area (Å²) in [6.07, 6.45) is 4.86. The number of hydrogen-bond donors (Lipinski definition) is 1. The lowest BCUT2D eigenvalue weighted by Crippen LogP contribution is -2.26. The van der Waals surface area contributed by atoms with Gasteiger partial charge in [-0.1, -0.05) is 19.8 Å². The Labute approximate surface area is 140 Å². The first-order valence-corrected chi connectivity index (χ1v) is 8.31. The van der Waals surface area contributed by atoms with Crippen LogP contribution in [0.2, 0.25) is 0 Å². The molecule has 1 N–H and O–H groups in total. The molecule has 0 unspecified atom stereocenters. The molecule has 0 aliphatic heterocycles. The van der Waals surface area contributed by atoms with Gasteiger partial charge in [0, 0.05) is 0 Å². The molecule has 1 aliphatic rings. The number of methoxy groups -OCH3 is 1. The molecular weight excluding hydrogens is 308 g/mol. The standard InChI is InChI=1S/C18H22N2O4/c1-11-5-3-4-6-15(11)24-10-16-19-14-9-12(18(22)23-2)7-8-13(14)17(21)20-16/h7-9,11,15H,3-6,10H2,1-2H3,(H,19,20,21)/t11-,15-/m0/s1. The van der Waals surface area contributed by atoms with Crippen LogP contribution in [0.5, 0.6) is 0 Å². The summed E-state index contributed by atoms with van der Waals surface area (Å²) in [5.41, 5.74) is 0.611. The van der Waals surface area contributed by atoms with Crippen molar-refractivity contribution in [3.63, 3.8) is 0 Å². The number of nitrogens with one attached hydrogen (secondary N) is 1. The molecule has 2 atom stereocenters. The van der Waals surface area contributed by atoms with Gasteiger partial charge < -0.3 is 14.5 Å². The Morgan fingerprint density at radius 2 is 2.12 bits per heavy atom. The number of benzene rings is 1. The van der Waals surface area contributed by atoms with E-state index >= 15 is 0 Å². The maximum atomic E-state index is 12.2. The zero-order valence-corrected chi connectivity index (χ0v) is 14.0. The number of aromatic nitrogens is 2. The van der Waals surface area contributed by atoms with Gasteiger partial charge in [0.15, 0.2) is 0 Å². The van der Waals surface area contributed by atoms with Gasteiger partial charge in [-0.15, -0.1) is 0 Å². The van der Waals surface area contributed by atoms with Crippen LogP contribution < -0.4 is 5.56 Å². The van der Waals surface area contributed by atoms with Crippen molar-refractivity contribution < 1.29 is 14.3 Å². The fraction of sp³-hybridized carbons (Fsp3) is 0.500. The minimum atomic E-state index is -0.451. The smallest absolute Gasteiger partial charge is 0.337 e. The summed E-state index contributed by atoms with van der Waals surface area (Å²) in [6.45, 7) is 2.46. The van der Waals surface area contributed by atoms with Gasteiger partial charge >= 0.3 is 5.97 Å². The second-order valence-corrected chi connectivity index (χ2v) is 6.35. The van der Waals surface area contributed by atoms with E-state index in [0.717, 1.165) is 6.42 Å². The Morgan fingerprint density at radius 1 is 1.33 bits per heavy atom. The van der Waals surface area contributed by atoms with Crippen molar-refractivity contribution in [2.75, 3.05) is 7.11 Å². The van der Waals surface area contributed by atoms with E-state index in [1.165, 1.54) is 26.4 Å². The molecule has 1 aromatic heterocycles. The number of hydrogen-bond acceptors (Lipinski definition) is 5. The number of H-pyrrole nitrogens is 1. The number of aromatic amines is 1. The minimum Gasteiger partial charge on any atom is -0.465 e. The van der Waals surface area contributed by atoms with Crippen molar-refractivity contribution in [1.29, 1.82) is 0 Å². The quantitative estimate of drug-likeness (QED) is 0.872. The molecule has 1 saturated carbocycles. The maximum Gasteiger partial charge on any atom is 0.337 e. The second-order valence-electron chi connectivity index (χ2n) is 6.35. The highest BCUT2D eigenvalue weighted by atomic mass is 16.5. The zero-order chi connectivity index (χ0) is 17.1. The molecule has 2 aromatic rings. The molecular formula is C18H22N2O4. The van der Waals surface area contributed by atoms with E-state index < -0.39 is 5.97 Å². The van der Waals surface area contributed by atoms with Crippen molar-refractivity contribution in [3.05, 3.63) is 39.9 Å². The Hall–Kier alpha value is -2.21. The Kier molecular flexibility index (Phi) is 4.94. The fourth-order valence-electron chi connectivity index (χ4n) is 3.22. The van der Waals surface area contributed by atoms with Crippen LogP contribution in [-0.2, 0) is 16.1 Å². The molecule has 6 nitrogen and oxygen atoms in total. The summed E-state index contributed by atoms with van der Waals surface area (Å²) in [5, 5.41) is 0.442. The number of carbonyl (C=O) groups excluding carboxylic acids is 1. The number of fused-ring (bicyclic) bond motifs is 1. The first kappa shape index (κ1) is 16.6. The lowest BCUT2D eigenvalue weighted by atomic mass is 9.88. The number of ether oxygens (including phenoxy) is 2. The number of nitrogens with zero attached hydrogens (tertiary/aromatic N) is 1. The molecule has 0 amide bonds. The van der Waals surface area contributed by atoms with E-state index in [0.29, 0.717) is 28.2 Å². The topological polar surface area (TPSA) is 81.3 Å². The molecule has 1 fully saturated rings. The van der Waals surface area contributed by atoms with Gasteiger partial charge in [0.2, 0.25) is 0 Å². The van der Waals surface area contributed by atoms with E-state index in [1.54, 1.807) is 18.2 Å². The van der Waals surface area contributed by atoms with E-state index in [2.05, 4.69) is 16.9 Å². The van der Waals surface area contributed by atoms with Gasteiger partial charge in [-0.05, 0) is 37.0 Å². The summed E-state index contributed by atoms with van der Waals surface area (Å²) < 4.78 is 10.7. The van der Waals surface area contributed by atoms with Crippen LogP contribution in [0.3, 0.4) is 0 Å². The summed E-state index contributed by atoms with van der Waals surface area (Å²) >= 11 is 0. The van der Waals surface area contributed by atoms with Gasteiger partial charge in [-0.25, -0.2) is 9.78 Å². The van der Waals surface area contributed by atoms with E-state index in [9.17, 15) is 9.59 Å². The van der Waals surface area contributed by atoms with Gasteiger partial charge in [-0.3, -0.25) is 4.79 Å². The fourth-order valence-corrected chi connectivity index (χ4v) is 3.22. The molecule has 0 spiro atoms. The summed E-state index contributed by atoms with van der Waals surface area (Å²) in [7, 11) is 1.32. The molecule has 0 bridgehead atoms. The molecule has 3 rings (SSSR count). The first-order chi connectivity index (χ1) is 11.6. The highest BCUT2D eigenvalue weighted by molar-refractivity contribution is 5.93. The van der Waals surface area contributed by atoms with Gasteiger partial charge in [0.05, 0.1) is 29.7 Å². The van der Waals surface area contributed by atoms with Gasteiger partial charge in [0.1, 0.15) is 12.4 Å². The highest BCUT2D eigenvalue weighted by Gasteiger charge is 2.22. The molecule has 0 saturated heterocycles. The number of esters is 1. The Bertz CT molecular complexity index is 799. The molecule has 1 heterocycles. The monoisotopic (exact) mass is 330 g/mol. The lowest BCUT2D eigenvalue weighted by molar-refractivity contribution is -0.0181. The van der Waals surface area contributed by atoms with Crippen LogP contribution in [0.1, 0.15) is 48.8 Å². The van der Waals surface area contributed by atoms with E-state index in [4.69, 9.17) is 9.47 Å². The van der Waals surface area contributed by atoms with Gasteiger partial charge in [-0.2, -0.15) is 0 Å². The van der Waals surface area contributed by atoms with Crippen LogP contribution in [0.25, 0.3) is 10.9 Å². The van der Waals surface area contributed by atoms with Crippen LogP contribution in [0, 0.1) is 5.92 Å². The Morgan fingerprint density at radius 3 is 2.88 bits per heavy atom. The molecule has 128 valence electrons. The van der Waals surface area contributed by atoms with E-state index in [-0.39, 0.29) is 18.3 Å². The van der Waals surface area contributed by atoms with Crippen LogP contribution in [0.15, 0.2) is 23.0 Å². The normalized spacial score (nSPS) is 20.9. The SMILES string of the molecule is COC(=O)c1ccc2c(=O)[nH]c(CO[C@H]3CCCC[C@@H]3C)nc2c1. The predicted octanol–water partition coefficient (Wildman–Crippen LogP) is 2.81. The third kappa shape index (κ3) is 3.48. The minimum absolute atomic E-state index is 0.209. The maximum absolute atomic E-state index is 12.2. The molecule has 0 radical (unpaired) electrons. The largest absolute Gasteiger partial charge is 0.465 e. The Balaban J connectivity index is 1.83. The molecule has 1 aliphatic carbocycles. The lowest BCUT2D eigenvalue weighted by Gasteiger charge is -2.28. The average molecular weight is 330 g/mol. The van der Waals surface area contributed by atoms with E-state index in [1.807, 2.05) is 0 Å². The highest BCUT2D eigenvalue weighted by Crippen LogP contribution is 2.26. The third-order valence-electron chi connectivity index (χ3n) is 4.64. The first-order valence-electron chi connectivity index (χ1n) is 8.31. The van der Waals surface area contributed by atoms with Crippen LogP contribution >= 0.6 is 0 Å². The zero-order valence-electron chi connectivity index (χ0n) is 14.0. The molecule has 6 heteroatoms. The van der Waals surface area contributed by atoms with Crippen molar-refractivity contribution in [1.82, 2.24) is 9.97 Å².